The van der Waals surface area contributed by atoms with Gasteiger partial charge < -0.3 is 15.1 Å². The lowest BCUT2D eigenvalue weighted by Gasteiger charge is -2.30. The molecule has 2 N–H and O–H groups in total. The molecule has 3 rings (SSSR count). The molecule has 0 spiro atoms. The lowest BCUT2D eigenvalue weighted by atomic mass is 9.97. The maximum Gasteiger partial charge on any atom is 0.208 e. The van der Waals surface area contributed by atoms with Gasteiger partial charge in [-0.2, -0.15) is 0 Å². The minimum Gasteiger partial charge on any atom is -0.444 e. The number of likely N-dealkylation sites (tertiary alicyclic amines) is 1. The van der Waals surface area contributed by atoms with E-state index in [1.54, 1.807) is 0 Å². The second kappa shape index (κ2) is 11.4. The third-order valence-electron chi connectivity index (χ3n) is 5.59. The van der Waals surface area contributed by atoms with E-state index < -0.39 is 0 Å². The minimum atomic E-state index is 0.623. The van der Waals surface area contributed by atoms with Crippen molar-refractivity contribution in [2.75, 3.05) is 32.7 Å². The van der Waals surface area contributed by atoms with Gasteiger partial charge >= 0.3 is 0 Å². The van der Waals surface area contributed by atoms with Gasteiger partial charge in [0.25, 0.3) is 0 Å². The Labute approximate surface area is 185 Å². The van der Waals surface area contributed by atoms with Gasteiger partial charge in [-0.1, -0.05) is 23.7 Å². The average molecular weight is 432 g/mol. The number of aryl methyl sites for hydroxylation is 2. The number of rotatable bonds is 8. The fourth-order valence-corrected chi connectivity index (χ4v) is 3.92. The molecule has 1 fully saturated rings. The summed E-state index contributed by atoms with van der Waals surface area (Å²) in [5.41, 5.74) is 2.22. The summed E-state index contributed by atoms with van der Waals surface area (Å²) in [4.78, 5) is 11.8. The molecule has 0 radical (unpaired) electrons. The van der Waals surface area contributed by atoms with E-state index in [1.807, 2.05) is 32.0 Å². The van der Waals surface area contributed by atoms with E-state index in [0.717, 1.165) is 86.9 Å². The maximum absolute atomic E-state index is 6.07. The van der Waals surface area contributed by atoms with Crippen LogP contribution >= 0.6 is 11.6 Å². The summed E-state index contributed by atoms with van der Waals surface area (Å²) in [7, 11) is 0. The molecule has 0 atom stereocenters. The van der Waals surface area contributed by atoms with Crippen molar-refractivity contribution < 1.29 is 4.42 Å². The molecule has 0 bridgehead atoms. The number of aliphatic imine (C=N–C) groups is 1. The molecule has 164 valence electrons. The molecule has 1 aliphatic heterocycles. The van der Waals surface area contributed by atoms with E-state index in [9.17, 15) is 0 Å². The van der Waals surface area contributed by atoms with Gasteiger partial charge in [-0.25, -0.2) is 4.98 Å². The molecule has 1 aromatic heterocycles. The number of aromatic nitrogens is 1. The summed E-state index contributed by atoms with van der Waals surface area (Å²) >= 11 is 6.07. The smallest absolute Gasteiger partial charge is 0.208 e. The van der Waals surface area contributed by atoms with Crippen LogP contribution in [0.15, 0.2) is 33.7 Å². The number of piperidine rings is 1. The molecule has 30 heavy (non-hydrogen) atoms. The molecular formula is C23H34ClN5O. The van der Waals surface area contributed by atoms with Gasteiger partial charge in [0.1, 0.15) is 5.76 Å². The first-order chi connectivity index (χ1) is 14.5. The van der Waals surface area contributed by atoms with Crippen LogP contribution in [0.1, 0.15) is 42.7 Å². The van der Waals surface area contributed by atoms with Crippen LogP contribution in [-0.2, 0) is 13.0 Å². The number of halogens is 1. The van der Waals surface area contributed by atoms with Gasteiger partial charge in [-0.15, -0.1) is 0 Å². The zero-order valence-electron chi connectivity index (χ0n) is 18.4. The normalized spacial score (nSPS) is 16.1. The lowest BCUT2D eigenvalue weighted by Crippen LogP contribution is -2.39. The highest BCUT2D eigenvalue weighted by Gasteiger charge is 2.20. The summed E-state index contributed by atoms with van der Waals surface area (Å²) in [6, 6.07) is 8.02. The highest BCUT2D eigenvalue weighted by molar-refractivity contribution is 6.30. The van der Waals surface area contributed by atoms with E-state index >= 15 is 0 Å². The molecule has 0 unspecified atom stereocenters. The molecule has 2 heterocycles. The molecule has 0 aliphatic carbocycles. The Morgan fingerprint density at radius 2 is 2.07 bits per heavy atom. The van der Waals surface area contributed by atoms with Crippen molar-refractivity contribution in [3.05, 3.63) is 52.2 Å². The quantitative estimate of drug-likeness (QED) is 0.489. The van der Waals surface area contributed by atoms with Crippen LogP contribution in [0.5, 0.6) is 0 Å². The van der Waals surface area contributed by atoms with Crippen molar-refractivity contribution in [2.24, 2.45) is 10.9 Å². The van der Waals surface area contributed by atoms with Gasteiger partial charge in [0, 0.05) is 24.7 Å². The van der Waals surface area contributed by atoms with Gasteiger partial charge in [0.2, 0.25) is 5.89 Å². The molecule has 0 amide bonds. The fraction of sp³-hybridized carbons (Fsp3) is 0.565. The SMILES string of the molecule is CCNC(=NCC1CCN(Cc2nc(C)c(C)o2)CC1)NCCc1cccc(Cl)c1. The molecule has 2 aromatic rings. The third-order valence-corrected chi connectivity index (χ3v) is 5.82. The van der Waals surface area contributed by atoms with Crippen molar-refractivity contribution in [3.63, 3.8) is 0 Å². The number of hydrogen-bond donors (Lipinski definition) is 2. The van der Waals surface area contributed by atoms with E-state index in [1.165, 1.54) is 5.56 Å². The summed E-state index contributed by atoms with van der Waals surface area (Å²) in [5, 5.41) is 7.58. The zero-order chi connectivity index (χ0) is 21.3. The number of hydrogen-bond acceptors (Lipinski definition) is 4. The fourth-order valence-electron chi connectivity index (χ4n) is 3.71. The van der Waals surface area contributed by atoms with Crippen LogP contribution in [0, 0.1) is 19.8 Å². The maximum atomic E-state index is 6.07. The topological polar surface area (TPSA) is 65.7 Å². The second-order valence-electron chi connectivity index (χ2n) is 8.00. The van der Waals surface area contributed by atoms with Crippen LogP contribution in [0.3, 0.4) is 0 Å². The monoisotopic (exact) mass is 431 g/mol. The van der Waals surface area contributed by atoms with Crippen molar-refractivity contribution in [2.45, 2.75) is 46.6 Å². The van der Waals surface area contributed by atoms with Crippen LogP contribution in [0.2, 0.25) is 5.02 Å². The molecular weight excluding hydrogens is 398 g/mol. The van der Waals surface area contributed by atoms with Gasteiger partial charge in [0.05, 0.1) is 12.2 Å². The highest BCUT2D eigenvalue weighted by Crippen LogP contribution is 2.20. The van der Waals surface area contributed by atoms with Gasteiger partial charge in [0.15, 0.2) is 5.96 Å². The van der Waals surface area contributed by atoms with E-state index in [0.29, 0.717) is 5.92 Å². The molecule has 1 aromatic carbocycles. The first kappa shape index (κ1) is 22.6. The Hall–Kier alpha value is -2.05. The Morgan fingerprint density at radius 1 is 1.27 bits per heavy atom. The Morgan fingerprint density at radius 3 is 2.73 bits per heavy atom. The average Bonchev–Trinajstić information content (AvgIpc) is 3.04. The number of benzene rings is 1. The Balaban J connectivity index is 1.41. The number of nitrogens with one attached hydrogen (secondary N) is 2. The summed E-state index contributed by atoms with van der Waals surface area (Å²) in [6.45, 7) is 11.6. The number of guanidine groups is 1. The zero-order valence-corrected chi connectivity index (χ0v) is 19.1. The van der Waals surface area contributed by atoms with Crippen molar-refractivity contribution in [1.82, 2.24) is 20.5 Å². The predicted octanol–water partition coefficient (Wildman–Crippen LogP) is 3.95. The molecule has 0 saturated carbocycles. The Kier molecular flexibility index (Phi) is 8.58. The molecule has 1 aliphatic rings. The molecule has 1 saturated heterocycles. The van der Waals surface area contributed by atoms with Crippen molar-refractivity contribution in [3.8, 4) is 0 Å². The molecule has 6 nitrogen and oxygen atoms in total. The summed E-state index contributed by atoms with van der Waals surface area (Å²) < 4.78 is 5.73. The summed E-state index contributed by atoms with van der Waals surface area (Å²) in [5.74, 6) is 3.28. The number of oxazole rings is 1. The van der Waals surface area contributed by atoms with Gasteiger partial charge in [-0.3, -0.25) is 9.89 Å². The van der Waals surface area contributed by atoms with Crippen LogP contribution in [-0.4, -0.2) is 48.6 Å². The minimum absolute atomic E-state index is 0.623. The first-order valence-electron chi connectivity index (χ1n) is 11.0. The van der Waals surface area contributed by atoms with Crippen LogP contribution < -0.4 is 10.6 Å². The Bertz CT molecular complexity index is 807. The first-order valence-corrected chi connectivity index (χ1v) is 11.3. The summed E-state index contributed by atoms with van der Waals surface area (Å²) in [6.07, 6.45) is 3.23. The van der Waals surface area contributed by atoms with Crippen molar-refractivity contribution >= 4 is 17.6 Å². The third kappa shape index (κ3) is 7.03. The van der Waals surface area contributed by atoms with Crippen LogP contribution in [0.4, 0.5) is 0 Å². The standard InChI is InChI=1S/C23H34ClN5O/c1-4-25-23(26-11-8-19-6-5-7-21(24)14-19)27-15-20-9-12-29(13-10-20)16-22-28-17(2)18(3)30-22/h5-7,14,20H,4,8-13,15-16H2,1-3H3,(H2,25,26,27). The molecule has 7 heteroatoms. The van der Waals surface area contributed by atoms with E-state index in [-0.39, 0.29) is 0 Å². The number of nitrogens with zero attached hydrogens (tertiary/aromatic N) is 3. The van der Waals surface area contributed by atoms with E-state index in [4.69, 9.17) is 21.0 Å². The van der Waals surface area contributed by atoms with Crippen LogP contribution in [0.25, 0.3) is 0 Å². The predicted molar refractivity (Wildman–Crippen MR) is 123 cm³/mol. The second-order valence-corrected chi connectivity index (χ2v) is 8.43. The van der Waals surface area contributed by atoms with Crippen molar-refractivity contribution in [1.29, 1.82) is 0 Å². The largest absolute Gasteiger partial charge is 0.444 e. The lowest BCUT2D eigenvalue weighted by molar-refractivity contribution is 0.166. The van der Waals surface area contributed by atoms with Gasteiger partial charge in [-0.05, 0) is 76.7 Å². The van der Waals surface area contributed by atoms with E-state index in [2.05, 4.69) is 33.5 Å². The highest BCUT2D eigenvalue weighted by atomic mass is 35.5.